The van der Waals surface area contributed by atoms with Crippen LogP contribution >= 0.6 is 0 Å². The molecule has 0 radical (unpaired) electrons. The molecular weight excluding hydrogens is 306 g/mol. The Labute approximate surface area is 144 Å². The molecule has 0 aromatic heterocycles. The highest BCUT2D eigenvalue weighted by Crippen LogP contribution is 2.34. The first-order chi connectivity index (χ1) is 11.7. The number of nitrogens with zero attached hydrogens (tertiary/aromatic N) is 3. The van der Waals surface area contributed by atoms with E-state index >= 15 is 0 Å². The average molecular weight is 335 g/mol. The zero-order chi connectivity index (χ0) is 17.4. The Bertz CT molecular complexity index is 524. The van der Waals surface area contributed by atoms with E-state index in [1.54, 1.807) is 12.1 Å². The van der Waals surface area contributed by atoms with Crippen molar-refractivity contribution >= 4 is 11.4 Å². The summed E-state index contributed by atoms with van der Waals surface area (Å²) < 4.78 is 5.98. The normalized spacial score (nSPS) is 14.4. The van der Waals surface area contributed by atoms with Gasteiger partial charge in [-0.25, -0.2) is 0 Å². The molecule has 0 bridgehead atoms. The van der Waals surface area contributed by atoms with E-state index in [2.05, 4.69) is 23.6 Å². The molecule has 1 aliphatic heterocycles. The van der Waals surface area contributed by atoms with Crippen LogP contribution in [0.4, 0.5) is 11.4 Å². The zero-order valence-corrected chi connectivity index (χ0v) is 14.9. The number of hydrogen-bond donors (Lipinski definition) is 0. The molecule has 0 amide bonds. The SMILES string of the molecule is CCCN(CCC)CCOc1cc([N+](=O)[O-])ccc1N1CCCC1. The minimum Gasteiger partial charge on any atom is -0.490 e. The van der Waals surface area contributed by atoms with Crippen LogP contribution in [0.1, 0.15) is 39.5 Å². The van der Waals surface area contributed by atoms with E-state index in [-0.39, 0.29) is 10.6 Å². The smallest absolute Gasteiger partial charge is 0.273 e. The Morgan fingerprint density at radius 3 is 2.42 bits per heavy atom. The highest BCUT2D eigenvalue weighted by atomic mass is 16.6. The van der Waals surface area contributed by atoms with Gasteiger partial charge in [0.25, 0.3) is 5.69 Å². The summed E-state index contributed by atoms with van der Waals surface area (Å²) in [6.07, 6.45) is 4.57. The summed E-state index contributed by atoms with van der Waals surface area (Å²) in [5, 5.41) is 11.1. The van der Waals surface area contributed by atoms with Gasteiger partial charge in [0.15, 0.2) is 0 Å². The van der Waals surface area contributed by atoms with Gasteiger partial charge in [-0.3, -0.25) is 15.0 Å². The summed E-state index contributed by atoms with van der Waals surface area (Å²) in [4.78, 5) is 15.3. The topological polar surface area (TPSA) is 58.9 Å². The molecule has 0 N–H and O–H groups in total. The Hall–Kier alpha value is -1.82. The molecule has 1 aromatic carbocycles. The summed E-state index contributed by atoms with van der Waals surface area (Å²) in [5.74, 6) is 0.638. The van der Waals surface area contributed by atoms with Crippen LogP contribution < -0.4 is 9.64 Å². The Morgan fingerprint density at radius 1 is 1.17 bits per heavy atom. The maximum absolute atomic E-state index is 11.1. The number of nitro benzene ring substituents is 1. The quantitative estimate of drug-likeness (QED) is 0.482. The van der Waals surface area contributed by atoms with Gasteiger partial charge < -0.3 is 9.64 Å². The van der Waals surface area contributed by atoms with Crippen molar-refractivity contribution < 1.29 is 9.66 Å². The average Bonchev–Trinajstić information content (AvgIpc) is 3.09. The van der Waals surface area contributed by atoms with Crippen molar-refractivity contribution in [2.45, 2.75) is 39.5 Å². The lowest BCUT2D eigenvalue weighted by Crippen LogP contribution is -2.30. The molecule has 0 spiro atoms. The van der Waals surface area contributed by atoms with Crippen LogP contribution in [0.25, 0.3) is 0 Å². The lowest BCUT2D eigenvalue weighted by atomic mass is 10.2. The Kier molecular flexibility index (Phi) is 7.31. The Balaban J connectivity index is 2.05. The van der Waals surface area contributed by atoms with Crippen molar-refractivity contribution in [3.05, 3.63) is 28.3 Å². The minimum absolute atomic E-state index is 0.0897. The third-order valence-corrected chi connectivity index (χ3v) is 4.35. The van der Waals surface area contributed by atoms with Crippen LogP contribution in [0.15, 0.2) is 18.2 Å². The molecule has 0 unspecified atom stereocenters. The molecule has 1 fully saturated rings. The maximum Gasteiger partial charge on any atom is 0.273 e. The number of hydrogen-bond acceptors (Lipinski definition) is 5. The van der Waals surface area contributed by atoms with Crippen LogP contribution in [0, 0.1) is 10.1 Å². The molecule has 1 aliphatic rings. The lowest BCUT2D eigenvalue weighted by Gasteiger charge is -2.23. The van der Waals surface area contributed by atoms with Crippen LogP contribution in [-0.2, 0) is 0 Å². The number of anilines is 1. The van der Waals surface area contributed by atoms with Gasteiger partial charge in [0.1, 0.15) is 12.4 Å². The molecule has 134 valence electrons. The number of benzene rings is 1. The first-order valence-corrected chi connectivity index (χ1v) is 9.04. The van der Waals surface area contributed by atoms with E-state index in [4.69, 9.17) is 4.74 Å². The van der Waals surface area contributed by atoms with Crippen molar-refractivity contribution in [1.82, 2.24) is 4.90 Å². The van der Waals surface area contributed by atoms with Gasteiger partial charge in [-0.2, -0.15) is 0 Å². The first kappa shape index (κ1) is 18.5. The van der Waals surface area contributed by atoms with E-state index in [0.717, 1.165) is 64.1 Å². The van der Waals surface area contributed by atoms with Crippen LogP contribution in [0.3, 0.4) is 0 Å². The van der Waals surface area contributed by atoms with Crippen molar-refractivity contribution in [3.63, 3.8) is 0 Å². The third kappa shape index (κ3) is 5.09. The second-order valence-electron chi connectivity index (χ2n) is 6.29. The fraction of sp³-hybridized carbons (Fsp3) is 0.667. The summed E-state index contributed by atoms with van der Waals surface area (Å²) in [6, 6.07) is 4.97. The predicted molar refractivity (Wildman–Crippen MR) is 97.1 cm³/mol. The monoisotopic (exact) mass is 335 g/mol. The van der Waals surface area contributed by atoms with Gasteiger partial charge in [0.05, 0.1) is 16.7 Å². The van der Waals surface area contributed by atoms with E-state index < -0.39 is 0 Å². The van der Waals surface area contributed by atoms with Gasteiger partial charge in [-0.15, -0.1) is 0 Å². The lowest BCUT2D eigenvalue weighted by molar-refractivity contribution is -0.384. The van der Waals surface area contributed by atoms with Gasteiger partial charge in [-0.05, 0) is 44.8 Å². The van der Waals surface area contributed by atoms with E-state index in [1.807, 2.05) is 6.07 Å². The van der Waals surface area contributed by atoms with Gasteiger partial charge >= 0.3 is 0 Å². The van der Waals surface area contributed by atoms with E-state index in [9.17, 15) is 10.1 Å². The van der Waals surface area contributed by atoms with Crippen molar-refractivity contribution in [2.75, 3.05) is 44.2 Å². The summed E-state index contributed by atoms with van der Waals surface area (Å²) in [7, 11) is 0. The molecule has 0 aliphatic carbocycles. The summed E-state index contributed by atoms with van der Waals surface area (Å²) >= 11 is 0. The maximum atomic E-state index is 11.1. The van der Waals surface area contributed by atoms with Crippen molar-refractivity contribution in [2.24, 2.45) is 0 Å². The molecule has 6 heteroatoms. The van der Waals surface area contributed by atoms with Crippen LogP contribution in [-0.4, -0.2) is 49.2 Å². The summed E-state index contributed by atoms with van der Waals surface area (Å²) in [6.45, 7) is 9.87. The molecule has 1 heterocycles. The van der Waals surface area contributed by atoms with E-state index in [0.29, 0.717) is 12.4 Å². The number of non-ortho nitro benzene ring substituents is 1. The first-order valence-electron chi connectivity index (χ1n) is 9.04. The van der Waals surface area contributed by atoms with E-state index in [1.165, 1.54) is 0 Å². The van der Waals surface area contributed by atoms with Crippen LogP contribution in [0.5, 0.6) is 5.75 Å². The third-order valence-electron chi connectivity index (χ3n) is 4.35. The number of ether oxygens (including phenoxy) is 1. The second kappa shape index (κ2) is 9.47. The highest BCUT2D eigenvalue weighted by Gasteiger charge is 2.19. The van der Waals surface area contributed by atoms with Gasteiger partial charge in [0.2, 0.25) is 0 Å². The molecule has 0 atom stereocenters. The van der Waals surface area contributed by atoms with Crippen molar-refractivity contribution in [1.29, 1.82) is 0 Å². The molecular formula is C18H29N3O3. The fourth-order valence-electron chi connectivity index (χ4n) is 3.20. The number of rotatable bonds is 10. The minimum atomic E-state index is -0.360. The fourth-order valence-corrected chi connectivity index (χ4v) is 3.20. The molecule has 2 rings (SSSR count). The van der Waals surface area contributed by atoms with Crippen LogP contribution in [0.2, 0.25) is 0 Å². The molecule has 0 saturated carbocycles. The second-order valence-corrected chi connectivity index (χ2v) is 6.29. The zero-order valence-electron chi connectivity index (χ0n) is 14.9. The standard InChI is InChI=1S/C18H29N3O3/c1-3-9-19(10-4-2)13-14-24-18-15-16(21(22)23)7-8-17(18)20-11-5-6-12-20/h7-8,15H,3-6,9-14H2,1-2H3. The highest BCUT2D eigenvalue weighted by molar-refractivity contribution is 5.62. The van der Waals surface area contributed by atoms with Gasteiger partial charge in [0, 0.05) is 25.7 Å². The number of nitro groups is 1. The molecule has 1 aromatic rings. The Morgan fingerprint density at radius 2 is 1.83 bits per heavy atom. The van der Waals surface area contributed by atoms with Gasteiger partial charge in [-0.1, -0.05) is 13.8 Å². The largest absolute Gasteiger partial charge is 0.490 e. The molecule has 1 saturated heterocycles. The molecule has 24 heavy (non-hydrogen) atoms. The molecule has 6 nitrogen and oxygen atoms in total. The van der Waals surface area contributed by atoms with Crippen molar-refractivity contribution in [3.8, 4) is 5.75 Å². The summed E-state index contributed by atoms with van der Waals surface area (Å²) in [5.41, 5.74) is 1.07. The predicted octanol–water partition coefficient (Wildman–Crippen LogP) is 3.70.